The second-order valence-electron chi connectivity index (χ2n) is 8.77. The van der Waals surface area contributed by atoms with Crippen LogP contribution in [0, 0.1) is 6.92 Å². The van der Waals surface area contributed by atoms with Crippen LogP contribution >= 0.6 is 34.4 Å². The van der Waals surface area contributed by atoms with Gasteiger partial charge in [-0.15, -0.1) is 39.4 Å². The van der Waals surface area contributed by atoms with E-state index in [1.165, 1.54) is 28.0 Å². The second-order valence-corrected chi connectivity index (χ2v) is 11.9. The van der Waals surface area contributed by atoms with E-state index < -0.39 is 0 Å². The number of hydrogen-bond acceptors (Lipinski definition) is 8. The first-order valence-corrected chi connectivity index (χ1v) is 15.1. The monoisotopic (exact) mass is 564 g/mol. The number of thiophene rings is 2. The quantitative estimate of drug-likeness (QED) is 0.132. The standard InChI is InChI=1S/C28H28N4O3S3/c1-4-14-32-25(20-15-36-17(3)23(20)18-10-7-6-8-11-18)30-31-28(32)37-16-22(33)29-26-24(27(34)35-5-2)19-12-9-13-21(19)38-26/h4,6-8,10-11,15H,1,5,9,12-14,16H2,2-3H3,(H,29,33). The first-order valence-electron chi connectivity index (χ1n) is 12.4. The number of carbonyl (C=O) groups is 2. The lowest BCUT2D eigenvalue weighted by Crippen LogP contribution is -2.17. The summed E-state index contributed by atoms with van der Waals surface area (Å²) >= 11 is 4.47. The Morgan fingerprint density at radius 3 is 2.82 bits per heavy atom. The van der Waals surface area contributed by atoms with Crippen LogP contribution in [0.2, 0.25) is 0 Å². The number of aromatic nitrogens is 3. The van der Waals surface area contributed by atoms with Gasteiger partial charge in [0.15, 0.2) is 11.0 Å². The van der Waals surface area contributed by atoms with Crippen LogP contribution in [0.1, 0.15) is 39.0 Å². The fraction of sp³-hybridized carbons (Fsp3) is 0.286. The van der Waals surface area contributed by atoms with Gasteiger partial charge >= 0.3 is 5.97 Å². The van der Waals surface area contributed by atoms with E-state index in [-0.39, 0.29) is 17.6 Å². The van der Waals surface area contributed by atoms with E-state index in [2.05, 4.69) is 46.5 Å². The maximum atomic E-state index is 13.0. The van der Waals surface area contributed by atoms with Crippen LogP contribution in [0.3, 0.4) is 0 Å². The van der Waals surface area contributed by atoms with Gasteiger partial charge in [0.05, 0.1) is 17.9 Å². The van der Waals surface area contributed by atoms with E-state index >= 15 is 0 Å². The summed E-state index contributed by atoms with van der Waals surface area (Å²) < 4.78 is 7.26. The molecule has 0 unspecified atom stereocenters. The zero-order valence-corrected chi connectivity index (χ0v) is 23.7. The van der Waals surface area contributed by atoms with Crippen LogP contribution in [0.5, 0.6) is 0 Å². The van der Waals surface area contributed by atoms with Crippen molar-refractivity contribution in [3.8, 4) is 22.5 Å². The van der Waals surface area contributed by atoms with Crippen molar-refractivity contribution in [1.29, 1.82) is 0 Å². The molecule has 1 aliphatic carbocycles. The van der Waals surface area contributed by atoms with E-state index in [1.807, 2.05) is 22.8 Å². The van der Waals surface area contributed by atoms with Gasteiger partial charge in [0.25, 0.3) is 0 Å². The predicted molar refractivity (Wildman–Crippen MR) is 155 cm³/mol. The predicted octanol–water partition coefficient (Wildman–Crippen LogP) is 6.63. The Labute approximate surface area is 234 Å². The Morgan fingerprint density at radius 2 is 2.05 bits per heavy atom. The Morgan fingerprint density at radius 1 is 1.24 bits per heavy atom. The van der Waals surface area contributed by atoms with Crippen LogP contribution in [-0.2, 0) is 28.9 Å². The van der Waals surface area contributed by atoms with Gasteiger partial charge in [-0.05, 0) is 44.2 Å². The van der Waals surface area contributed by atoms with Crippen molar-refractivity contribution < 1.29 is 14.3 Å². The van der Waals surface area contributed by atoms with Crippen molar-refractivity contribution in [3.63, 3.8) is 0 Å². The third kappa shape index (κ3) is 5.21. The summed E-state index contributed by atoms with van der Waals surface area (Å²) in [6, 6.07) is 10.3. The van der Waals surface area contributed by atoms with Gasteiger partial charge in [-0.25, -0.2) is 4.79 Å². The minimum Gasteiger partial charge on any atom is -0.462 e. The molecule has 1 N–H and O–H groups in total. The number of ether oxygens (including phenoxy) is 1. The number of fused-ring (bicyclic) bond motifs is 1. The molecule has 0 aliphatic heterocycles. The van der Waals surface area contributed by atoms with E-state index in [1.54, 1.807) is 24.3 Å². The Hall–Kier alpha value is -3.21. The molecule has 5 rings (SSSR count). The molecular formula is C28H28N4O3S3. The highest BCUT2D eigenvalue weighted by Crippen LogP contribution is 2.41. The van der Waals surface area contributed by atoms with Crippen molar-refractivity contribution in [2.24, 2.45) is 0 Å². The number of aryl methyl sites for hydroxylation is 2. The van der Waals surface area contributed by atoms with Gasteiger partial charge in [0.2, 0.25) is 5.91 Å². The van der Waals surface area contributed by atoms with Crippen LogP contribution in [0.4, 0.5) is 5.00 Å². The number of amides is 1. The highest BCUT2D eigenvalue weighted by molar-refractivity contribution is 7.99. The molecule has 1 amide bonds. The number of nitrogens with zero attached hydrogens (tertiary/aromatic N) is 3. The number of benzene rings is 1. The highest BCUT2D eigenvalue weighted by Gasteiger charge is 2.28. The SMILES string of the molecule is C=CCn1c(SCC(=O)Nc2sc3c(c2C(=O)OCC)CCC3)nnc1-c1csc(C)c1-c1ccccc1. The molecular weight excluding hydrogens is 537 g/mol. The van der Waals surface area contributed by atoms with Crippen LogP contribution in [0.25, 0.3) is 22.5 Å². The van der Waals surface area contributed by atoms with E-state index in [0.717, 1.165) is 52.2 Å². The zero-order valence-electron chi connectivity index (χ0n) is 21.3. The Kier molecular flexibility index (Phi) is 8.11. The van der Waals surface area contributed by atoms with E-state index in [0.29, 0.717) is 28.9 Å². The molecule has 0 atom stereocenters. The van der Waals surface area contributed by atoms with E-state index in [9.17, 15) is 9.59 Å². The summed E-state index contributed by atoms with van der Waals surface area (Å²) in [6.45, 7) is 8.61. The van der Waals surface area contributed by atoms with E-state index in [4.69, 9.17) is 4.74 Å². The molecule has 10 heteroatoms. The first kappa shape index (κ1) is 26.4. The Bertz CT molecular complexity index is 1490. The molecule has 3 aromatic heterocycles. The molecule has 38 heavy (non-hydrogen) atoms. The number of thioether (sulfide) groups is 1. The average Bonchev–Trinajstić information content (AvgIpc) is 3.67. The average molecular weight is 565 g/mol. The van der Waals surface area contributed by atoms with Gasteiger partial charge in [0, 0.05) is 32.8 Å². The maximum Gasteiger partial charge on any atom is 0.341 e. The molecule has 0 saturated heterocycles. The molecule has 7 nitrogen and oxygen atoms in total. The molecule has 0 saturated carbocycles. The number of anilines is 1. The van der Waals surface area contributed by atoms with Gasteiger partial charge in [-0.2, -0.15) is 0 Å². The molecule has 0 fully saturated rings. The second kappa shape index (κ2) is 11.7. The minimum absolute atomic E-state index is 0.133. The lowest BCUT2D eigenvalue weighted by Gasteiger charge is -2.10. The summed E-state index contributed by atoms with van der Waals surface area (Å²) in [4.78, 5) is 28.0. The maximum absolute atomic E-state index is 13.0. The third-order valence-corrected chi connectivity index (χ3v) is 9.38. The number of nitrogens with one attached hydrogen (secondary N) is 1. The van der Waals surface area contributed by atoms with Crippen molar-refractivity contribution in [1.82, 2.24) is 14.8 Å². The van der Waals surface area contributed by atoms with Gasteiger partial charge in [0.1, 0.15) is 5.00 Å². The lowest BCUT2D eigenvalue weighted by atomic mass is 10.0. The third-order valence-electron chi connectivity index (χ3n) is 6.29. The van der Waals surface area contributed by atoms with Crippen LogP contribution < -0.4 is 5.32 Å². The van der Waals surface area contributed by atoms with Gasteiger partial charge in [-0.3, -0.25) is 9.36 Å². The molecule has 0 bridgehead atoms. The largest absolute Gasteiger partial charge is 0.462 e. The van der Waals surface area contributed by atoms with Crippen molar-refractivity contribution >= 4 is 51.3 Å². The molecule has 0 spiro atoms. The normalized spacial score (nSPS) is 12.4. The van der Waals surface area contributed by atoms with Gasteiger partial charge in [-0.1, -0.05) is 48.2 Å². The van der Waals surface area contributed by atoms with Crippen molar-refractivity contribution in [3.05, 3.63) is 69.2 Å². The summed E-state index contributed by atoms with van der Waals surface area (Å²) in [5, 5.41) is 15.2. The van der Waals surface area contributed by atoms with Gasteiger partial charge < -0.3 is 10.1 Å². The fourth-order valence-corrected chi connectivity index (χ4v) is 7.58. The number of esters is 1. The molecule has 0 radical (unpaired) electrons. The van der Waals surface area contributed by atoms with Crippen molar-refractivity contribution in [2.45, 2.75) is 44.8 Å². The number of hydrogen-bond donors (Lipinski definition) is 1. The lowest BCUT2D eigenvalue weighted by molar-refractivity contribution is -0.113. The summed E-state index contributed by atoms with van der Waals surface area (Å²) in [6.07, 6.45) is 4.59. The first-order chi connectivity index (χ1) is 18.5. The molecule has 1 aromatic carbocycles. The number of rotatable bonds is 10. The molecule has 4 aromatic rings. The fourth-order valence-electron chi connectivity index (χ4n) is 4.68. The molecule has 1 aliphatic rings. The smallest absolute Gasteiger partial charge is 0.341 e. The van der Waals surface area contributed by atoms with Crippen LogP contribution in [-0.4, -0.2) is 39.0 Å². The Balaban J connectivity index is 1.36. The minimum atomic E-state index is -0.370. The number of carbonyl (C=O) groups excluding carboxylic acids is 2. The summed E-state index contributed by atoms with van der Waals surface area (Å²) in [7, 11) is 0. The van der Waals surface area contributed by atoms with Crippen molar-refractivity contribution in [2.75, 3.05) is 17.7 Å². The number of allylic oxidation sites excluding steroid dienone is 1. The molecule has 3 heterocycles. The summed E-state index contributed by atoms with van der Waals surface area (Å²) in [5.41, 5.74) is 4.81. The topological polar surface area (TPSA) is 86.1 Å². The highest BCUT2D eigenvalue weighted by atomic mass is 32.2. The van der Waals surface area contributed by atoms with Crippen LogP contribution in [0.15, 0.2) is 53.5 Å². The summed E-state index contributed by atoms with van der Waals surface area (Å²) in [5.74, 6) is 0.307. The zero-order chi connectivity index (χ0) is 26.6. The molecule has 196 valence electrons.